The van der Waals surface area contributed by atoms with Crippen molar-refractivity contribution in [1.82, 2.24) is 20.2 Å². The summed E-state index contributed by atoms with van der Waals surface area (Å²) in [5, 5.41) is 2.86. The summed E-state index contributed by atoms with van der Waals surface area (Å²) >= 11 is 0. The molecule has 2 bridgehead atoms. The van der Waals surface area contributed by atoms with Crippen LogP contribution in [0.2, 0.25) is 0 Å². The lowest BCUT2D eigenvalue weighted by Gasteiger charge is -2.35. The Morgan fingerprint density at radius 1 is 1.20 bits per heavy atom. The number of benzene rings is 1. The van der Waals surface area contributed by atoms with Crippen LogP contribution in [0.5, 0.6) is 11.6 Å². The van der Waals surface area contributed by atoms with Crippen LogP contribution in [0.4, 0.5) is 4.79 Å². The Hall–Kier alpha value is -3.89. The molecule has 1 saturated carbocycles. The van der Waals surface area contributed by atoms with Gasteiger partial charge in [0.15, 0.2) is 0 Å². The summed E-state index contributed by atoms with van der Waals surface area (Å²) in [6.45, 7) is 13.7. The lowest BCUT2D eigenvalue weighted by Crippen LogP contribution is -2.57. The molecule has 11 heteroatoms. The highest BCUT2D eigenvalue weighted by Crippen LogP contribution is 2.49. The number of allylic oxidation sites excluding steroid dienone is 1. The SMILES string of the molecule is COc1ccc2nc3c(nc2c1)OC1CN(C(=O)C(C(C)(C)C)NC(=O)OC2(C)CC2CCCC=C3)C(C(=O)OCC(C)C)C1C. The van der Waals surface area contributed by atoms with E-state index in [4.69, 9.17) is 28.9 Å². The molecule has 2 aromatic rings. The molecule has 3 aliphatic rings. The Kier molecular flexibility index (Phi) is 9.52. The number of nitrogens with zero attached hydrogens (tertiary/aromatic N) is 3. The van der Waals surface area contributed by atoms with Crippen molar-refractivity contribution in [1.29, 1.82) is 0 Å². The van der Waals surface area contributed by atoms with Gasteiger partial charge in [-0.25, -0.2) is 19.6 Å². The van der Waals surface area contributed by atoms with Crippen LogP contribution in [0.15, 0.2) is 24.3 Å². The van der Waals surface area contributed by atoms with E-state index in [1.165, 1.54) is 4.90 Å². The molecule has 1 aliphatic carbocycles. The lowest BCUT2D eigenvalue weighted by molar-refractivity contribution is -0.156. The molecule has 0 radical (unpaired) electrons. The Bertz CT molecular complexity index is 1500. The van der Waals surface area contributed by atoms with Crippen molar-refractivity contribution in [3.05, 3.63) is 30.0 Å². The predicted octanol–water partition coefficient (Wildman–Crippen LogP) is 5.55. The molecular weight excluding hydrogens is 588 g/mol. The number of alkyl carbamates (subject to hydrolysis) is 1. The number of carbonyl (C=O) groups is 3. The molecule has 1 N–H and O–H groups in total. The second kappa shape index (κ2) is 13.1. The summed E-state index contributed by atoms with van der Waals surface area (Å²) in [6.07, 6.45) is 6.11. The molecule has 250 valence electrons. The Balaban J connectivity index is 1.56. The number of hydrogen-bond acceptors (Lipinski definition) is 9. The fourth-order valence-electron chi connectivity index (χ4n) is 6.32. The highest BCUT2D eigenvalue weighted by atomic mass is 16.6. The molecule has 5 rings (SSSR count). The number of carbonyl (C=O) groups excluding carboxylic acids is 3. The van der Waals surface area contributed by atoms with Crippen molar-refractivity contribution in [2.45, 2.75) is 97.9 Å². The zero-order chi connectivity index (χ0) is 33.4. The number of fused-ring (bicyclic) bond motifs is 5. The number of amides is 2. The standard InChI is InChI=1S/C35H48N4O7/c1-20(2)19-44-32(41)28-21(3)27-18-39(28)31(40)29(34(4,5)6)38-33(42)46-35(7)17-22(35)12-10-9-11-13-25-30(45-27)37-26-16-23(43-8)14-15-24(26)36-25/h11,13-16,20-22,27-29H,9-10,12,17-19H2,1-8H3,(H,38,42). The van der Waals surface area contributed by atoms with E-state index >= 15 is 0 Å². The zero-order valence-corrected chi connectivity index (χ0v) is 28.3. The van der Waals surface area contributed by atoms with E-state index in [0.29, 0.717) is 28.4 Å². The van der Waals surface area contributed by atoms with Crippen LogP contribution >= 0.6 is 0 Å². The van der Waals surface area contributed by atoms with E-state index in [1.807, 2.05) is 66.7 Å². The van der Waals surface area contributed by atoms with Crippen molar-refractivity contribution in [2.75, 3.05) is 20.3 Å². The van der Waals surface area contributed by atoms with Gasteiger partial charge in [0.2, 0.25) is 11.8 Å². The molecule has 1 saturated heterocycles. The largest absolute Gasteiger partial charge is 0.497 e. The predicted molar refractivity (Wildman–Crippen MR) is 173 cm³/mol. The van der Waals surface area contributed by atoms with Crippen LogP contribution in [0.25, 0.3) is 17.1 Å². The summed E-state index contributed by atoms with van der Waals surface area (Å²) in [5.74, 6) is -0.0604. The van der Waals surface area contributed by atoms with Crippen LogP contribution in [0.3, 0.4) is 0 Å². The fraction of sp³-hybridized carbons (Fsp3) is 0.629. The van der Waals surface area contributed by atoms with Gasteiger partial charge in [0, 0.05) is 17.9 Å². The molecule has 2 fully saturated rings. The van der Waals surface area contributed by atoms with Crippen LogP contribution in [-0.4, -0.2) is 76.9 Å². The normalized spacial score (nSPS) is 28.7. The molecule has 1 aromatic carbocycles. The molecule has 11 nitrogen and oxygen atoms in total. The lowest BCUT2D eigenvalue weighted by atomic mass is 9.85. The van der Waals surface area contributed by atoms with E-state index in [9.17, 15) is 14.4 Å². The maximum atomic E-state index is 14.4. The van der Waals surface area contributed by atoms with Gasteiger partial charge in [-0.1, -0.05) is 47.6 Å². The maximum absolute atomic E-state index is 14.4. The smallest absolute Gasteiger partial charge is 0.408 e. The van der Waals surface area contributed by atoms with E-state index < -0.39 is 53.1 Å². The molecule has 1 aromatic heterocycles. The minimum absolute atomic E-state index is 0.0888. The minimum Gasteiger partial charge on any atom is -0.497 e. The average Bonchev–Trinajstić information content (AvgIpc) is 3.50. The molecule has 2 amide bonds. The number of nitrogens with one attached hydrogen (secondary N) is 1. The molecule has 3 heterocycles. The number of esters is 1. The average molecular weight is 637 g/mol. The first-order chi connectivity index (χ1) is 21.7. The van der Waals surface area contributed by atoms with Gasteiger partial charge < -0.3 is 29.2 Å². The number of aromatic nitrogens is 2. The Morgan fingerprint density at radius 3 is 2.65 bits per heavy atom. The number of hydrogen-bond donors (Lipinski definition) is 1. The third-order valence-corrected chi connectivity index (χ3v) is 9.26. The maximum Gasteiger partial charge on any atom is 0.408 e. The van der Waals surface area contributed by atoms with Crippen molar-refractivity contribution >= 4 is 35.1 Å². The zero-order valence-electron chi connectivity index (χ0n) is 28.3. The van der Waals surface area contributed by atoms with Crippen molar-refractivity contribution < 1.29 is 33.3 Å². The summed E-state index contributed by atoms with van der Waals surface area (Å²) in [6, 6.07) is 3.60. The van der Waals surface area contributed by atoms with Gasteiger partial charge in [0.05, 0.1) is 31.3 Å². The minimum atomic E-state index is -0.961. The Labute approximate surface area is 271 Å². The van der Waals surface area contributed by atoms with Gasteiger partial charge in [-0.15, -0.1) is 0 Å². The molecule has 2 aliphatic heterocycles. The molecule has 6 atom stereocenters. The van der Waals surface area contributed by atoms with E-state index in [0.717, 1.165) is 25.7 Å². The highest BCUT2D eigenvalue weighted by molar-refractivity contribution is 5.91. The number of rotatable bonds is 4. The molecule has 0 spiro atoms. The number of methoxy groups -OCH3 is 1. The van der Waals surface area contributed by atoms with Crippen LogP contribution in [-0.2, 0) is 19.1 Å². The monoisotopic (exact) mass is 636 g/mol. The van der Waals surface area contributed by atoms with Crippen LogP contribution in [0, 0.1) is 23.2 Å². The van der Waals surface area contributed by atoms with E-state index in [2.05, 4.69) is 11.4 Å². The van der Waals surface area contributed by atoms with E-state index in [-0.39, 0.29) is 25.0 Å². The van der Waals surface area contributed by atoms with Gasteiger partial charge in [0.1, 0.15) is 35.2 Å². The van der Waals surface area contributed by atoms with Gasteiger partial charge >= 0.3 is 12.1 Å². The van der Waals surface area contributed by atoms with Crippen molar-refractivity contribution in [3.8, 4) is 11.6 Å². The highest BCUT2D eigenvalue weighted by Gasteiger charge is 2.54. The third-order valence-electron chi connectivity index (χ3n) is 9.26. The van der Waals surface area contributed by atoms with Gasteiger partial charge in [-0.05, 0) is 62.1 Å². The summed E-state index contributed by atoms with van der Waals surface area (Å²) < 4.78 is 23.6. The van der Waals surface area contributed by atoms with Crippen molar-refractivity contribution in [3.63, 3.8) is 0 Å². The van der Waals surface area contributed by atoms with Gasteiger partial charge in [-0.2, -0.15) is 0 Å². The van der Waals surface area contributed by atoms with Crippen LogP contribution < -0.4 is 14.8 Å². The van der Waals surface area contributed by atoms with Crippen molar-refractivity contribution in [2.24, 2.45) is 23.2 Å². The first-order valence-electron chi connectivity index (χ1n) is 16.4. The van der Waals surface area contributed by atoms with Crippen LogP contribution in [0.1, 0.15) is 79.8 Å². The first kappa shape index (κ1) is 33.5. The molecule has 46 heavy (non-hydrogen) atoms. The second-order valence-corrected chi connectivity index (χ2v) is 14.6. The van der Waals surface area contributed by atoms with Gasteiger partial charge in [0.25, 0.3) is 0 Å². The number of ether oxygens (including phenoxy) is 4. The fourth-order valence-corrected chi connectivity index (χ4v) is 6.32. The topological polar surface area (TPSA) is 129 Å². The van der Waals surface area contributed by atoms with Gasteiger partial charge in [-0.3, -0.25) is 4.79 Å². The summed E-state index contributed by atoms with van der Waals surface area (Å²) in [5.41, 5.74) is 0.595. The molecular formula is C35H48N4O7. The summed E-state index contributed by atoms with van der Waals surface area (Å²) in [4.78, 5) is 52.4. The second-order valence-electron chi connectivity index (χ2n) is 14.6. The summed E-state index contributed by atoms with van der Waals surface area (Å²) in [7, 11) is 1.59. The van der Waals surface area contributed by atoms with E-state index in [1.54, 1.807) is 13.2 Å². The first-order valence-corrected chi connectivity index (χ1v) is 16.4. The third kappa shape index (κ3) is 7.23. The molecule has 6 unspecified atom stereocenters. The Morgan fingerprint density at radius 2 is 1.96 bits per heavy atom. The quantitative estimate of drug-likeness (QED) is 0.430.